The average Bonchev–Trinajstić information content (AvgIpc) is 2.52. The number of alkyl halides is 6. The summed E-state index contributed by atoms with van der Waals surface area (Å²) in [4.78, 5) is 11.7. The van der Waals surface area contributed by atoms with Crippen LogP contribution in [0.4, 0.5) is 32.0 Å². The highest BCUT2D eigenvalue weighted by molar-refractivity contribution is 6.02. The molecule has 2 aromatic rings. The van der Waals surface area contributed by atoms with E-state index in [0.717, 1.165) is 6.08 Å². The first-order valence-corrected chi connectivity index (χ1v) is 6.89. The van der Waals surface area contributed by atoms with Crippen LogP contribution in [0.2, 0.25) is 0 Å². The molecule has 0 unspecified atom stereocenters. The minimum Gasteiger partial charge on any atom is -0.322 e. The number of hydrogen-bond donors (Lipinski definition) is 1. The van der Waals surface area contributed by atoms with Gasteiger partial charge in [0.25, 0.3) is 0 Å². The molecule has 0 atom stereocenters. The van der Waals surface area contributed by atoms with E-state index in [4.69, 9.17) is 0 Å². The molecule has 0 aliphatic rings. The lowest BCUT2D eigenvalue weighted by atomic mass is 10.1. The van der Waals surface area contributed by atoms with Crippen molar-refractivity contribution < 1.29 is 31.1 Å². The van der Waals surface area contributed by atoms with Crippen molar-refractivity contribution in [3.63, 3.8) is 0 Å². The third kappa shape index (κ3) is 5.37. The van der Waals surface area contributed by atoms with Crippen molar-refractivity contribution in [3.8, 4) is 0 Å². The molecule has 1 N–H and O–H groups in total. The van der Waals surface area contributed by atoms with E-state index in [2.05, 4.69) is 0 Å². The number of halogens is 6. The van der Waals surface area contributed by atoms with Gasteiger partial charge in [0, 0.05) is 11.8 Å². The smallest absolute Gasteiger partial charge is 0.322 e. The summed E-state index contributed by atoms with van der Waals surface area (Å²) in [7, 11) is 0. The van der Waals surface area contributed by atoms with Crippen LogP contribution in [0.3, 0.4) is 0 Å². The average molecular weight is 359 g/mol. The highest BCUT2D eigenvalue weighted by Crippen LogP contribution is 2.37. The number of nitrogens with one attached hydrogen (secondary N) is 1. The topological polar surface area (TPSA) is 29.1 Å². The van der Waals surface area contributed by atoms with Crippen molar-refractivity contribution >= 4 is 17.7 Å². The molecule has 2 nitrogen and oxygen atoms in total. The minimum atomic E-state index is -4.97. The molecule has 1 amide bonds. The lowest BCUT2D eigenvalue weighted by Gasteiger charge is -2.14. The molecule has 0 aromatic heterocycles. The van der Waals surface area contributed by atoms with Crippen LogP contribution in [0.5, 0.6) is 0 Å². The normalized spacial score (nSPS) is 12.4. The fraction of sp³-hybridized carbons (Fsp3) is 0.118. The van der Waals surface area contributed by atoms with E-state index in [1.807, 2.05) is 5.32 Å². The van der Waals surface area contributed by atoms with Gasteiger partial charge in [0.2, 0.25) is 5.91 Å². The van der Waals surface area contributed by atoms with Crippen LogP contribution in [0.1, 0.15) is 16.7 Å². The van der Waals surface area contributed by atoms with Gasteiger partial charge in [-0.1, -0.05) is 30.3 Å². The van der Waals surface area contributed by atoms with Gasteiger partial charge in [-0.3, -0.25) is 4.79 Å². The molecular weight excluding hydrogens is 348 g/mol. The summed E-state index contributed by atoms with van der Waals surface area (Å²) in [5.74, 6) is -0.851. The van der Waals surface area contributed by atoms with Gasteiger partial charge in [-0.15, -0.1) is 0 Å². The van der Waals surface area contributed by atoms with Crippen molar-refractivity contribution in [1.29, 1.82) is 0 Å². The SMILES string of the molecule is O=C(C=Cc1ccccc1)Nc1cc(C(F)(F)F)cc(C(F)(F)F)c1. The number of carbonyl (C=O) groups is 1. The summed E-state index contributed by atoms with van der Waals surface area (Å²) in [6.07, 6.45) is -7.54. The van der Waals surface area contributed by atoms with Gasteiger partial charge in [-0.25, -0.2) is 0 Å². The number of benzene rings is 2. The Morgan fingerprint density at radius 3 is 1.84 bits per heavy atom. The van der Waals surface area contributed by atoms with Crippen LogP contribution in [0, 0.1) is 0 Å². The van der Waals surface area contributed by atoms with E-state index in [1.54, 1.807) is 30.3 Å². The molecule has 132 valence electrons. The first-order chi connectivity index (χ1) is 11.6. The summed E-state index contributed by atoms with van der Waals surface area (Å²) < 4.78 is 76.5. The second-order valence-corrected chi connectivity index (χ2v) is 5.03. The Morgan fingerprint density at radius 2 is 1.36 bits per heavy atom. The number of rotatable bonds is 3. The maximum Gasteiger partial charge on any atom is 0.416 e. The Balaban J connectivity index is 2.26. The molecule has 2 rings (SSSR count). The number of amides is 1. The molecule has 2 aromatic carbocycles. The Kier molecular flexibility index (Phi) is 5.20. The molecule has 0 bridgehead atoms. The van der Waals surface area contributed by atoms with Gasteiger partial charge in [-0.2, -0.15) is 26.3 Å². The molecule has 25 heavy (non-hydrogen) atoms. The van der Waals surface area contributed by atoms with Gasteiger partial charge < -0.3 is 5.32 Å². The zero-order chi connectivity index (χ0) is 18.7. The van der Waals surface area contributed by atoms with Crippen LogP contribution < -0.4 is 5.32 Å². The second-order valence-electron chi connectivity index (χ2n) is 5.03. The van der Waals surface area contributed by atoms with E-state index in [1.165, 1.54) is 6.08 Å². The monoisotopic (exact) mass is 359 g/mol. The predicted molar refractivity (Wildman–Crippen MR) is 80.6 cm³/mol. The van der Waals surface area contributed by atoms with Crippen molar-refractivity contribution in [2.75, 3.05) is 5.32 Å². The molecule has 0 radical (unpaired) electrons. The predicted octanol–water partition coefficient (Wildman–Crippen LogP) is 5.38. The van der Waals surface area contributed by atoms with Crippen LogP contribution in [-0.4, -0.2) is 5.91 Å². The van der Waals surface area contributed by atoms with Crippen LogP contribution >= 0.6 is 0 Å². The van der Waals surface area contributed by atoms with Gasteiger partial charge in [0.1, 0.15) is 0 Å². The molecule has 0 saturated carbocycles. The Hall–Kier alpha value is -2.77. The first kappa shape index (κ1) is 18.6. The van der Waals surface area contributed by atoms with Crippen molar-refractivity contribution in [2.45, 2.75) is 12.4 Å². The minimum absolute atomic E-state index is 0.00450. The Bertz CT molecular complexity index is 746. The summed E-state index contributed by atoms with van der Waals surface area (Å²) in [6.45, 7) is 0. The van der Waals surface area contributed by atoms with Gasteiger partial charge in [0.05, 0.1) is 11.1 Å². The second kappa shape index (κ2) is 7.00. The molecule has 0 saturated heterocycles. The lowest BCUT2D eigenvalue weighted by molar-refractivity contribution is -0.143. The first-order valence-electron chi connectivity index (χ1n) is 6.89. The van der Waals surface area contributed by atoms with Gasteiger partial charge >= 0.3 is 12.4 Å². The number of anilines is 1. The van der Waals surface area contributed by atoms with Crippen molar-refractivity contribution in [3.05, 3.63) is 71.3 Å². The molecule has 0 heterocycles. The highest BCUT2D eigenvalue weighted by atomic mass is 19.4. The van der Waals surface area contributed by atoms with Crippen LogP contribution in [0.15, 0.2) is 54.6 Å². The largest absolute Gasteiger partial charge is 0.416 e. The Morgan fingerprint density at radius 1 is 0.840 bits per heavy atom. The van der Waals surface area contributed by atoms with E-state index in [9.17, 15) is 31.1 Å². The quantitative estimate of drug-likeness (QED) is 0.579. The zero-order valence-corrected chi connectivity index (χ0v) is 12.4. The standard InChI is InChI=1S/C17H11F6NO/c18-16(19,20)12-8-13(17(21,22)23)10-14(9-12)24-15(25)7-6-11-4-2-1-3-5-11/h1-10H,(H,24,25). The lowest BCUT2D eigenvalue weighted by Crippen LogP contribution is -2.14. The third-order valence-corrected chi connectivity index (χ3v) is 3.08. The van der Waals surface area contributed by atoms with Crippen molar-refractivity contribution in [2.24, 2.45) is 0 Å². The molecule has 8 heteroatoms. The fourth-order valence-electron chi connectivity index (χ4n) is 1.95. The molecular formula is C17H11F6NO. The van der Waals surface area contributed by atoms with E-state index >= 15 is 0 Å². The van der Waals surface area contributed by atoms with E-state index in [0.29, 0.717) is 17.7 Å². The summed E-state index contributed by atoms with van der Waals surface area (Å²) in [5, 5.41) is 2.01. The number of hydrogen-bond acceptors (Lipinski definition) is 1. The molecule has 0 aliphatic carbocycles. The summed E-state index contributed by atoms with van der Waals surface area (Å²) in [5.41, 5.74) is -2.93. The molecule has 0 aliphatic heterocycles. The molecule has 0 fully saturated rings. The third-order valence-electron chi connectivity index (χ3n) is 3.08. The van der Waals surface area contributed by atoms with Crippen molar-refractivity contribution in [1.82, 2.24) is 0 Å². The van der Waals surface area contributed by atoms with Crippen LogP contribution in [-0.2, 0) is 17.1 Å². The fourth-order valence-corrected chi connectivity index (χ4v) is 1.95. The summed E-state index contributed by atoms with van der Waals surface area (Å²) in [6, 6.07) is 9.41. The highest BCUT2D eigenvalue weighted by Gasteiger charge is 2.37. The molecule has 0 spiro atoms. The summed E-state index contributed by atoms with van der Waals surface area (Å²) >= 11 is 0. The van der Waals surface area contributed by atoms with Gasteiger partial charge in [-0.05, 0) is 29.8 Å². The zero-order valence-electron chi connectivity index (χ0n) is 12.4. The van der Waals surface area contributed by atoms with Gasteiger partial charge in [0.15, 0.2) is 0 Å². The van der Waals surface area contributed by atoms with E-state index in [-0.39, 0.29) is 6.07 Å². The number of carbonyl (C=O) groups excluding carboxylic acids is 1. The van der Waals surface area contributed by atoms with Crippen LogP contribution in [0.25, 0.3) is 6.08 Å². The maximum absolute atomic E-state index is 12.7. The maximum atomic E-state index is 12.7. The Labute approximate surface area is 138 Å². The van der Waals surface area contributed by atoms with E-state index < -0.39 is 35.1 Å².